The van der Waals surface area contributed by atoms with Crippen molar-refractivity contribution in [2.45, 2.75) is 13.3 Å². The van der Waals surface area contributed by atoms with Gasteiger partial charge >= 0.3 is 0 Å². The van der Waals surface area contributed by atoms with Gasteiger partial charge in [-0.15, -0.1) is 0 Å². The number of amides is 2. The van der Waals surface area contributed by atoms with Crippen LogP contribution in [0.25, 0.3) is 0 Å². The Balaban J connectivity index is 2.56. The Morgan fingerprint density at radius 3 is 2.67 bits per heavy atom. The number of nitrogens with one attached hydrogen (secondary N) is 1. The van der Waals surface area contributed by atoms with Crippen LogP contribution in [0.5, 0.6) is 0 Å². The van der Waals surface area contributed by atoms with Crippen LogP contribution in [0.15, 0.2) is 24.3 Å². The lowest BCUT2D eigenvalue weighted by molar-refractivity contribution is -0.116. The molecule has 0 unspecified atom stereocenters. The normalized spacial score (nSPS) is 10.2. The molecular formula is C15H22N2O3S. The summed E-state index contributed by atoms with van der Waals surface area (Å²) in [6.45, 7) is 2.23. The van der Waals surface area contributed by atoms with Gasteiger partial charge in [-0.05, 0) is 24.3 Å². The summed E-state index contributed by atoms with van der Waals surface area (Å²) >= 11 is 1.69. The Kier molecular flexibility index (Phi) is 7.85. The fourth-order valence-corrected chi connectivity index (χ4v) is 2.51. The molecule has 1 aromatic carbocycles. The van der Waals surface area contributed by atoms with Gasteiger partial charge in [0.2, 0.25) is 5.91 Å². The van der Waals surface area contributed by atoms with E-state index in [1.54, 1.807) is 43.1 Å². The number of hydrogen-bond acceptors (Lipinski definition) is 4. The Morgan fingerprint density at radius 2 is 2.00 bits per heavy atom. The lowest BCUT2D eigenvalue weighted by Gasteiger charge is -2.18. The second kappa shape index (κ2) is 9.41. The molecule has 0 saturated carbocycles. The highest BCUT2D eigenvalue weighted by atomic mass is 32.2. The molecule has 0 radical (unpaired) electrons. The number of carbonyl (C=O) groups is 2. The molecule has 0 atom stereocenters. The zero-order chi connectivity index (χ0) is 15.7. The van der Waals surface area contributed by atoms with Crippen LogP contribution in [0, 0.1) is 0 Å². The molecule has 1 rings (SSSR count). The van der Waals surface area contributed by atoms with Crippen LogP contribution >= 0.6 is 11.8 Å². The first-order valence-electron chi connectivity index (χ1n) is 6.88. The highest BCUT2D eigenvalue weighted by Crippen LogP contribution is 2.19. The molecule has 2 N–H and O–H groups in total. The quantitative estimate of drug-likeness (QED) is 0.714. The molecule has 0 heterocycles. The maximum atomic E-state index is 12.2. The number of aliphatic hydroxyl groups is 1. The maximum Gasteiger partial charge on any atom is 0.253 e. The predicted molar refractivity (Wildman–Crippen MR) is 86.9 cm³/mol. The van der Waals surface area contributed by atoms with Crippen LogP contribution < -0.4 is 10.2 Å². The molecule has 116 valence electrons. The first-order chi connectivity index (χ1) is 10.1. The van der Waals surface area contributed by atoms with Crippen LogP contribution in [0.3, 0.4) is 0 Å². The van der Waals surface area contributed by atoms with E-state index < -0.39 is 0 Å². The second-order valence-corrected chi connectivity index (χ2v) is 5.77. The summed E-state index contributed by atoms with van der Waals surface area (Å²) in [5.74, 6) is 1.39. The Labute approximate surface area is 129 Å². The van der Waals surface area contributed by atoms with Crippen LogP contribution in [0.1, 0.15) is 23.7 Å². The molecular weight excluding hydrogens is 288 g/mol. The van der Waals surface area contributed by atoms with E-state index >= 15 is 0 Å². The summed E-state index contributed by atoms with van der Waals surface area (Å²) in [4.78, 5) is 25.1. The van der Waals surface area contributed by atoms with Gasteiger partial charge < -0.3 is 15.3 Å². The minimum atomic E-state index is -0.179. The van der Waals surface area contributed by atoms with E-state index in [-0.39, 0.29) is 18.4 Å². The van der Waals surface area contributed by atoms with Crippen molar-refractivity contribution in [1.82, 2.24) is 5.32 Å². The summed E-state index contributed by atoms with van der Waals surface area (Å²) in [5.41, 5.74) is 1.10. The monoisotopic (exact) mass is 310 g/mol. The van der Waals surface area contributed by atoms with Gasteiger partial charge in [0.15, 0.2) is 0 Å². The average molecular weight is 310 g/mol. The van der Waals surface area contributed by atoms with Gasteiger partial charge in [0.05, 0.1) is 11.3 Å². The van der Waals surface area contributed by atoms with E-state index in [0.29, 0.717) is 17.8 Å². The average Bonchev–Trinajstić information content (AvgIpc) is 2.49. The predicted octanol–water partition coefficient (Wildman–Crippen LogP) is 1.51. The van der Waals surface area contributed by atoms with Gasteiger partial charge in [0.25, 0.3) is 5.91 Å². The third-order valence-electron chi connectivity index (χ3n) is 2.96. The molecule has 1 aromatic rings. The van der Waals surface area contributed by atoms with Crippen LogP contribution in [-0.2, 0) is 4.79 Å². The van der Waals surface area contributed by atoms with E-state index in [1.807, 2.05) is 0 Å². The summed E-state index contributed by atoms with van der Waals surface area (Å²) < 4.78 is 0. The van der Waals surface area contributed by atoms with Crippen molar-refractivity contribution in [2.75, 3.05) is 36.6 Å². The number of nitrogens with zero attached hydrogens (tertiary/aromatic N) is 1. The third kappa shape index (κ3) is 5.77. The van der Waals surface area contributed by atoms with E-state index in [4.69, 9.17) is 5.11 Å². The van der Waals surface area contributed by atoms with Crippen LogP contribution in [0.2, 0.25) is 0 Å². The molecule has 0 aromatic heterocycles. The number of benzene rings is 1. The fraction of sp³-hybridized carbons (Fsp3) is 0.467. The smallest absolute Gasteiger partial charge is 0.253 e. The number of aliphatic hydroxyl groups excluding tert-OH is 1. The highest BCUT2D eigenvalue weighted by Gasteiger charge is 2.15. The largest absolute Gasteiger partial charge is 0.396 e. The lowest BCUT2D eigenvalue weighted by atomic mass is 10.1. The minimum Gasteiger partial charge on any atom is -0.396 e. The Morgan fingerprint density at radius 1 is 1.29 bits per heavy atom. The summed E-state index contributed by atoms with van der Waals surface area (Å²) in [6.07, 6.45) is 0.769. The van der Waals surface area contributed by atoms with Crippen LogP contribution in [0.4, 0.5) is 5.69 Å². The van der Waals surface area contributed by atoms with Crippen molar-refractivity contribution in [3.8, 4) is 0 Å². The van der Waals surface area contributed by atoms with Gasteiger partial charge in [0, 0.05) is 32.9 Å². The maximum absolute atomic E-state index is 12.2. The third-order valence-corrected chi connectivity index (χ3v) is 4.03. The molecule has 0 aliphatic carbocycles. The van der Waals surface area contributed by atoms with Crippen molar-refractivity contribution in [3.05, 3.63) is 29.8 Å². The highest BCUT2D eigenvalue weighted by molar-refractivity contribution is 7.99. The molecule has 6 heteroatoms. The SMILES string of the molecule is CC(=O)N(C)c1ccccc1C(=O)NCCSCCCO. The van der Waals surface area contributed by atoms with Crippen molar-refractivity contribution < 1.29 is 14.7 Å². The number of anilines is 1. The zero-order valence-electron chi connectivity index (χ0n) is 12.5. The first-order valence-corrected chi connectivity index (χ1v) is 8.03. The lowest BCUT2D eigenvalue weighted by Crippen LogP contribution is -2.30. The van der Waals surface area contributed by atoms with Crippen molar-refractivity contribution in [3.63, 3.8) is 0 Å². The Bertz CT molecular complexity index is 480. The van der Waals surface area contributed by atoms with E-state index in [1.165, 1.54) is 11.8 Å². The van der Waals surface area contributed by atoms with E-state index in [2.05, 4.69) is 5.32 Å². The fourth-order valence-electron chi connectivity index (χ4n) is 1.73. The van der Waals surface area contributed by atoms with Crippen molar-refractivity contribution >= 4 is 29.3 Å². The molecule has 5 nitrogen and oxygen atoms in total. The van der Waals surface area contributed by atoms with Crippen LogP contribution in [-0.4, -0.2) is 48.6 Å². The molecule has 0 spiro atoms. The van der Waals surface area contributed by atoms with Crippen molar-refractivity contribution in [1.29, 1.82) is 0 Å². The number of para-hydroxylation sites is 1. The van der Waals surface area contributed by atoms with Gasteiger partial charge in [-0.2, -0.15) is 11.8 Å². The number of thioether (sulfide) groups is 1. The topological polar surface area (TPSA) is 69.6 Å². The van der Waals surface area contributed by atoms with E-state index in [0.717, 1.165) is 17.9 Å². The molecule has 2 amide bonds. The zero-order valence-corrected chi connectivity index (χ0v) is 13.3. The standard InChI is InChI=1S/C15H22N2O3S/c1-12(19)17(2)14-7-4-3-6-13(14)15(20)16-8-11-21-10-5-9-18/h3-4,6-7,18H,5,8-11H2,1-2H3,(H,16,20). The first kappa shape index (κ1) is 17.5. The van der Waals surface area contributed by atoms with Gasteiger partial charge in [-0.3, -0.25) is 9.59 Å². The number of carbonyl (C=O) groups excluding carboxylic acids is 2. The van der Waals surface area contributed by atoms with Gasteiger partial charge in [-0.25, -0.2) is 0 Å². The minimum absolute atomic E-state index is 0.116. The van der Waals surface area contributed by atoms with E-state index in [9.17, 15) is 9.59 Å². The molecule has 0 bridgehead atoms. The van der Waals surface area contributed by atoms with Crippen molar-refractivity contribution in [2.24, 2.45) is 0 Å². The van der Waals surface area contributed by atoms with Gasteiger partial charge in [0.1, 0.15) is 0 Å². The number of rotatable bonds is 8. The Hall–Kier alpha value is -1.53. The summed E-state index contributed by atoms with van der Waals surface area (Å²) in [6, 6.07) is 7.05. The molecule has 0 aliphatic rings. The molecule has 21 heavy (non-hydrogen) atoms. The molecule has 0 aliphatic heterocycles. The molecule has 0 fully saturated rings. The summed E-state index contributed by atoms with van der Waals surface area (Å²) in [5, 5.41) is 11.5. The number of hydrogen-bond donors (Lipinski definition) is 2. The van der Waals surface area contributed by atoms with Gasteiger partial charge in [-0.1, -0.05) is 12.1 Å². The summed E-state index contributed by atoms with van der Waals surface area (Å²) in [7, 11) is 1.65. The second-order valence-electron chi connectivity index (χ2n) is 4.54. The molecule has 0 saturated heterocycles.